The van der Waals surface area contributed by atoms with Crippen LogP contribution >= 0.6 is 11.6 Å². The smallest absolute Gasteiger partial charge is 0.342 e. The number of carbonyl (C=O) groups excluding carboxylic acids is 2. The maximum absolute atomic E-state index is 14.4. The molecule has 0 saturated heterocycles. The lowest BCUT2D eigenvalue weighted by molar-refractivity contribution is -0.123. The first kappa shape index (κ1) is 25.6. The number of hydrogen-bond acceptors (Lipinski definition) is 5. The molecule has 1 aliphatic rings. The zero-order valence-corrected chi connectivity index (χ0v) is 20.7. The average molecular weight is 547 g/mol. The highest BCUT2D eigenvalue weighted by atomic mass is 35.5. The van der Waals surface area contributed by atoms with Crippen LogP contribution in [-0.4, -0.2) is 44.3 Å². The second kappa shape index (κ2) is 9.05. The van der Waals surface area contributed by atoms with Crippen LogP contribution in [0.4, 0.5) is 23.4 Å². The van der Waals surface area contributed by atoms with Crippen LogP contribution in [0, 0.1) is 5.82 Å². The molecule has 0 fully saturated rings. The quantitative estimate of drug-likeness (QED) is 0.348. The Kier molecular flexibility index (Phi) is 6.09. The van der Waals surface area contributed by atoms with Gasteiger partial charge in [-0.1, -0.05) is 29.8 Å². The van der Waals surface area contributed by atoms with E-state index in [-0.39, 0.29) is 35.1 Å². The first-order chi connectivity index (χ1) is 17.8. The minimum atomic E-state index is -4.65. The first-order valence-electron chi connectivity index (χ1n) is 11.3. The molecule has 2 aromatic carbocycles. The number of anilines is 1. The molecular formula is C25H19ClF4N6O2. The summed E-state index contributed by atoms with van der Waals surface area (Å²) in [7, 11) is 0. The molecule has 38 heavy (non-hydrogen) atoms. The summed E-state index contributed by atoms with van der Waals surface area (Å²) in [5, 5.41) is 9.82. The number of carbonyl (C=O) groups is 2. The van der Waals surface area contributed by atoms with Gasteiger partial charge in [-0.05, 0) is 38.1 Å². The Labute approximate surface area is 218 Å². The molecule has 5 rings (SSSR count). The third kappa shape index (κ3) is 4.55. The molecule has 2 amide bonds. The van der Waals surface area contributed by atoms with E-state index < -0.39 is 35.8 Å². The predicted molar refractivity (Wildman–Crippen MR) is 131 cm³/mol. The minimum absolute atomic E-state index is 0.00655. The van der Waals surface area contributed by atoms with Crippen LogP contribution in [0.2, 0.25) is 5.02 Å². The lowest BCUT2D eigenvalue weighted by Gasteiger charge is -2.18. The highest BCUT2D eigenvalue weighted by molar-refractivity contribution is 6.31. The molecule has 196 valence electrons. The summed E-state index contributed by atoms with van der Waals surface area (Å²) in [4.78, 5) is 34.2. The van der Waals surface area contributed by atoms with Gasteiger partial charge in [0.2, 0.25) is 5.91 Å². The Balaban J connectivity index is 1.68. The van der Waals surface area contributed by atoms with Crippen molar-refractivity contribution in [1.29, 1.82) is 0 Å². The van der Waals surface area contributed by atoms with E-state index in [1.54, 1.807) is 36.4 Å². The van der Waals surface area contributed by atoms with E-state index in [1.807, 2.05) is 5.32 Å². The van der Waals surface area contributed by atoms with Gasteiger partial charge < -0.3 is 10.6 Å². The summed E-state index contributed by atoms with van der Waals surface area (Å²) in [6.45, 7) is 1.47. The molecule has 0 bridgehead atoms. The third-order valence-corrected chi connectivity index (χ3v) is 6.44. The highest BCUT2D eigenvalue weighted by Crippen LogP contribution is 2.40. The number of alkyl halides is 3. The zero-order valence-electron chi connectivity index (χ0n) is 20.0. The number of benzene rings is 2. The lowest BCUT2D eigenvalue weighted by atomic mass is 9.85. The van der Waals surface area contributed by atoms with Crippen LogP contribution in [0.15, 0.2) is 42.5 Å². The van der Waals surface area contributed by atoms with E-state index in [2.05, 4.69) is 20.4 Å². The summed E-state index contributed by atoms with van der Waals surface area (Å²) in [5.74, 6) is -2.18. The zero-order chi connectivity index (χ0) is 27.4. The molecule has 0 unspecified atom stereocenters. The van der Waals surface area contributed by atoms with Gasteiger partial charge in [0, 0.05) is 21.5 Å². The number of amides is 2. The van der Waals surface area contributed by atoms with Crippen molar-refractivity contribution in [2.24, 2.45) is 0 Å². The van der Waals surface area contributed by atoms with E-state index in [0.717, 1.165) is 0 Å². The fourth-order valence-electron chi connectivity index (χ4n) is 4.28. The fraction of sp³-hybridized carbons (Fsp3) is 0.240. The van der Waals surface area contributed by atoms with Crippen LogP contribution in [0.3, 0.4) is 0 Å². The van der Waals surface area contributed by atoms with Crippen molar-refractivity contribution in [3.8, 4) is 11.5 Å². The van der Waals surface area contributed by atoms with Crippen molar-refractivity contribution in [3.63, 3.8) is 0 Å². The van der Waals surface area contributed by atoms with E-state index in [4.69, 9.17) is 11.6 Å². The highest BCUT2D eigenvalue weighted by Gasteiger charge is 2.44. The number of nitrogens with zero attached hydrogens (tertiary/aromatic N) is 4. The fourth-order valence-corrected chi connectivity index (χ4v) is 4.44. The molecule has 2 aromatic heterocycles. The molecule has 4 aromatic rings. The molecule has 0 spiro atoms. The predicted octanol–water partition coefficient (Wildman–Crippen LogP) is 4.86. The van der Waals surface area contributed by atoms with Crippen molar-refractivity contribution in [2.45, 2.75) is 32.0 Å². The minimum Gasteiger partial charge on any atom is -0.342 e. The van der Waals surface area contributed by atoms with Gasteiger partial charge in [-0.15, -0.1) is 0 Å². The van der Waals surface area contributed by atoms with Gasteiger partial charge in [-0.2, -0.15) is 18.3 Å². The number of halogens is 5. The summed E-state index contributed by atoms with van der Waals surface area (Å²) >= 11 is 6.20. The molecule has 1 aliphatic heterocycles. The maximum Gasteiger partial charge on any atom is 0.405 e. The number of rotatable bonds is 5. The molecule has 0 atom stereocenters. The van der Waals surface area contributed by atoms with Gasteiger partial charge in [0.15, 0.2) is 5.82 Å². The van der Waals surface area contributed by atoms with Gasteiger partial charge in [0.05, 0.1) is 17.5 Å². The number of hydrogen-bond donors (Lipinski definition) is 2. The number of nitrogens with one attached hydrogen (secondary N) is 2. The molecule has 8 nitrogen and oxygen atoms in total. The van der Waals surface area contributed by atoms with Crippen molar-refractivity contribution >= 4 is 40.1 Å². The molecule has 0 aliphatic carbocycles. The Bertz CT molecular complexity index is 1620. The second-order valence-corrected chi connectivity index (χ2v) is 9.69. The van der Waals surface area contributed by atoms with Gasteiger partial charge in [0.25, 0.3) is 5.91 Å². The number of fused-ring (bicyclic) bond motifs is 2. The average Bonchev–Trinajstić information content (AvgIpc) is 3.31. The number of aromatic nitrogens is 4. The van der Waals surface area contributed by atoms with Gasteiger partial charge in [-0.3, -0.25) is 14.3 Å². The third-order valence-electron chi connectivity index (χ3n) is 6.20. The second-order valence-electron chi connectivity index (χ2n) is 9.26. The van der Waals surface area contributed by atoms with Crippen molar-refractivity contribution < 1.29 is 27.2 Å². The summed E-state index contributed by atoms with van der Waals surface area (Å²) in [6, 6.07) is 11.0. The summed E-state index contributed by atoms with van der Waals surface area (Å²) < 4.78 is 54.3. The Morgan fingerprint density at radius 2 is 1.89 bits per heavy atom. The van der Waals surface area contributed by atoms with Crippen molar-refractivity contribution in [2.75, 3.05) is 11.9 Å². The van der Waals surface area contributed by atoms with E-state index in [9.17, 15) is 27.2 Å². The van der Waals surface area contributed by atoms with Crippen molar-refractivity contribution in [3.05, 3.63) is 70.1 Å². The van der Waals surface area contributed by atoms with E-state index >= 15 is 0 Å². The standard InChI is InChI=1S/C25H19ClF4N6O2/c1-24(2)17-19(22(37)31-11-25(28,29)30)32-21(33-20(17)34-23(24)38)18-14-8-7-13(26)9-16(14)36(35-18)10-12-5-3-4-6-15(12)27/h3-9H,10-11H2,1-2H3,(H,31,37)(H,32,33,34,38). The molecular weight excluding hydrogens is 528 g/mol. The van der Waals surface area contributed by atoms with Crippen molar-refractivity contribution in [1.82, 2.24) is 25.1 Å². The molecule has 13 heteroatoms. The topological polar surface area (TPSA) is 102 Å². The SMILES string of the molecule is CC1(C)C(=O)Nc2nc(-c3nn(Cc4ccccc4F)c4cc(Cl)ccc34)nc(C(=O)NCC(F)(F)F)c21. The normalized spacial score (nSPS) is 14.4. The van der Waals surface area contributed by atoms with Crippen LogP contribution in [0.1, 0.15) is 35.5 Å². The van der Waals surface area contributed by atoms with E-state index in [0.29, 0.717) is 21.5 Å². The summed E-state index contributed by atoms with van der Waals surface area (Å²) in [5.41, 5.74) is -0.572. The van der Waals surface area contributed by atoms with Crippen LogP contribution in [0.5, 0.6) is 0 Å². The lowest BCUT2D eigenvalue weighted by Crippen LogP contribution is -2.36. The van der Waals surface area contributed by atoms with Crippen LogP contribution in [-0.2, 0) is 16.8 Å². The van der Waals surface area contributed by atoms with Gasteiger partial charge >= 0.3 is 6.18 Å². The van der Waals surface area contributed by atoms with E-state index in [1.165, 1.54) is 24.6 Å². The molecule has 2 N–H and O–H groups in total. The Morgan fingerprint density at radius 3 is 2.61 bits per heavy atom. The molecule has 0 radical (unpaired) electrons. The largest absolute Gasteiger partial charge is 0.405 e. The summed E-state index contributed by atoms with van der Waals surface area (Å²) in [6.07, 6.45) is -4.65. The molecule has 3 heterocycles. The van der Waals surface area contributed by atoms with Gasteiger partial charge in [0.1, 0.15) is 29.6 Å². The Hall–Kier alpha value is -4.06. The molecule has 0 saturated carbocycles. The van der Waals surface area contributed by atoms with Gasteiger partial charge in [-0.25, -0.2) is 14.4 Å². The first-order valence-corrected chi connectivity index (χ1v) is 11.7. The monoisotopic (exact) mass is 546 g/mol. The van der Waals surface area contributed by atoms with Crippen LogP contribution < -0.4 is 10.6 Å². The van der Waals surface area contributed by atoms with Crippen LogP contribution in [0.25, 0.3) is 22.4 Å². The maximum atomic E-state index is 14.4. The Morgan fingerprint density at radius 1 is 1.16 bits per heavy atom.